The first-order valence-corrected chi connectivity index (χ1v) is 28.8. The highest BCUT2D eigenvalue weighted by Gasteiger charge is 2.33. The van der Waals surface area contributed by atoms with Crippen molar-refractivity contribution in [2.75, 3.05) is 156 Å². The minimum absolute atomic E-state index is 0.0786. The van der Waals surface area contributed by atoms with Gasteiger partial charge in [0.2, 0.25) is 30.5 Å². The molecule has 0 aliphatic carbocycles. The van der Waals surface area contributed by atoms with Gasteiger partial charge in [-0.15, -0.1) is 0 Å². The monoisotopic (exact) mass is 1070 g/mol. The Morgan fingerprint density at radius 2 is 0.974 bits per heavy atom. The van der Waals surface area contributed by atoms with E-state index in [4.69, 9.17) is 29.4 Å². The number of likely N-dealkylation sites (tertiary alicyclic amines) is 2. The van der Waals surface area contributed by atoms with Crippen LogP contribution in [0.15, 0.2) is 48.5 Å². The van der Waals surface area contributed by atoms with Crippen LogP contribution >= 0.6 is 0 Å². The molecule has 21 heteroatoms. The third-order valence-corrected chi connectivity index (χ3v) is 16.9. The molecule has 0 spiro atoms. The molecule has 6 saturated heterocycles. The Labute approximate surface area is 460 Å². The maximum atomic E-state index is 13.7. The maximum absolute atomic E-state index is 13.7. The summed E-state index contributed by atoms with van der Waals surface area (Å²) in [6.07, 6.45) is 8.46. The molecule has 6 fully saturated rings. The van der Waals surface area contributed by atoms with Crippen molar-refractivity contribution in [3.63, 3.8) is 0 Å². The summed E-state index contributed by atoms with van der Waals surface area (Å²) < 4.78 is 13.1. The van der Waals surface area contributed by atoms with Crippen molar-refractivity contribution >= 4 is 64.7 Å². The number of amides is 3. The molecule has 6 aliphatic heterocycles. The molecule has 3 amide bonds. The molecule has 6 aliphatic rings. The Kier molecular flexibility index (Phi) is 18.3. The fraction of sp³-hybridized carbons (Fsp3) is 0.596. The van der Waals surface area contributed by atoms with Crippen LogP contribution in [0.2, 0.25) is 0 Å². The van der Waals surface area contributed by atoms with Crippen LogP contribution in [0.4, 0.5) is 46.0 Å². The predicted octanol–water partition coefficient (Wildman–Crippen LogP) is 4.97. The minimum atomic E-state index is -0.253. The molecule has 2 aromatic heterocycles. The van der Waals surface area contributed by atoms with E-state index in [1.54, 1.807) is 0 Å². The molecule has 2 atom stereocenters. The highest BCUT2D eigenvalue weighted by molar-refractivity contribution is 5.80. The second-order valence-corrected chi connectivity index (χ2v) is 22.0. The van der Waals surface area contributed by atoms with Gasteiger partial charge in [0, 0.05) is 152 Å². The molecule has 4 aromatic rings. The van der Waals surface area contributed by atoms with E-state index in [1.165, 1.54) is 37.1 Å². The average Bonchev–Trinajstić information content (AvgIpc) is 4.16. The predicted molar refractivity (Wildman–Crippen MR) is 306 cm³/mol. The van der Waals surface area contributed by atoms with Crippen molar-refractivity contribution in [2.45, 2.75) is 95.9 Å². The molecular formula is C57H82N16O5. The molecule has 10 rings (SSSR count). The number of hydrogen-bond acceptors (Lipinski definition) is 18. The van der Waals surface area contributed by atoms with Gasteiger partial charge in [-0.2, -0.15) is 9.97 Å². The van der Waals surface area contributed by atoms with E-state index in [0.29, 0.717) is 123 Å². The molecule has 21 nitrogen and oxygen atoms in total. The zero-order chi connectivity index (χ0) is 54.0. The first kappa shape index (κ1) is 54.9. The van der Waals surface area contributed by atoms with E-state index in [2.05, 4.69) is 93.9 Å². The Morgan fingerprint density at radius 1 is 0.538 bits per heavy atom. The topological polar surface area (TPSA) is 195 Å². The third-order valence-electron chi connectivity index (χ3n) is 16.9. The largest absolute Gasteiger partial charge is 0.472 e. The Bertz CT molecular complexity index is 2620. The van der Waals surface area contributed by atoms with E-state index in [1.807, 2.05) is 43.0 Å². The summed E-state index contributed by atoms with van der Waals surface area (Å²) in [5, 5.41) is 12.2. The first-order valence-electron chi connectivity index (χ1n) is 28.8. The quantitative estimate of drug-likeness (QED) is 0.0817. The van der Waals surface area contributed by atoms with Gasteiger partial charge < -0.3 is 55.2 Å². The van der Waals surface area contributed by atoms with Gasteiger partial charge in [0.05, 0.1) is 6.54 Å². The second-order valence-electron chi connectivity index (χ2n) is 22.0. The number of nitrogens with one attached hydrogen (secondary N) is 4. The molecule has 2 aromatic carbocycles. The maximum Gasteiger partial charge on any atom is 0.238 e. The van der Waals surface area contributed by atoms with Crippen molar-refractivity contribution in [1.82, 2.24) is 49.3 Å². The van der Waals surface area contributed by atoms with Gasteiger partial charge in [-0.1, -0.05) is 13.8 Å². The van der Waals surface area contributed by atoms with Gasteiger partial charge in [0.25, 0.3) is 0 Å². The number of piperazine rings is 2. The number of hydrogen-bond donors (Lipinski definition) is 4. The lowest BCUT2D eigenvalue weighted by atomic mass is 10.0. The van der Waals surface area contributed by atoms with Crippen LogP contribution in [0, 0.1) is 0 Å². The van der Waals surface area contributed by atoms with Gasteiger partial charge in [0.15, 0.2) is 23.3 Å². The fourth-order valence-corrected chi connectivity index (χ4v) is 12.1. The number of ether oxygens (including phenoxy) is 2. The van der Waals surface area contributed by atoms with Crippen LogP contribution in [0.5, 0.6) is 11.8 Å². The van der Waals surface area contributed by atoms with Crippen LogP contribution in [-0.2, 0) is 27.2 Å². The highest BCUT2D eigenvalue weighted by atomic mass is 16.5. The van der Waals surface area contributed by atoms with Crippen molar-refractivity contribution < 1.29 is 23.9 Å². The second kappa shape index (κ2) is 26.0. The summed E-state index contributed by atoms with van der Waals surface area (Å²) in [6.45, 7) is 20.4. The number of benzene rings is 2. The molecule has 0 radical (unpaired) electrons. The van der Waals surface area contributed by atoms with Crippen LogP contribution in [0.25, 0.3) is 0 Å². The van der Waals surface area contributed by atoms with Gasteiger partial charge in [-0.25, -0.2) is 9.97 Å². The Hall–Kier alpha value is -6.39. The molecule has 4 N–H and O–H groups in total. The number of carbonyl (C=O) groups is 3. The SMILES string of the molecule is CCc1nc(NC=O)c(Nc2ccc(N3CCC(N4CCN(C)CC4)CC3)cc2)nc1O[C@@H]1CCN(CCC(=O)N2CC[C@@H](Oc3nc(Nc4ccc(N5CCC(N6CCN(C)CC6)CC5)cc4)c(NC=O)nc3CC)C2)C1. The molecule has 420 valence electrons. The molecule has 0 bridgehead atoms. The van der Waals surface area contributed by atoms with E-state index in [0.717, 1.165) is 103 Å². The number of likely N-dealkylation sites (N-methyl/N-ethyl adjacent to an activating group) is 2. The van der Waals surface area contributed by atoms with Crippen molar-refractivity contribution in [2.24, 2.45) is 0 Å². The van der Waals surface area contributed by atoms with E-state index in [9.17, 15) is 14.4 Å². The summed E-state index contributed by atoms with van der Waals surface area (Å²) in [5.41, 5.74) is 5.33. The molecule has 78 heavy (non-hydrogen) atoms. The number of aryl methyl sites for hydroxylation is 2. The number of rotatable bonds is 21. The summed E-state index contributed by atoms with van der Waals surface area (Å²) in [5.74, 6) is 2.38. The van der Waals surface area contributed by atoms with Crippen LogP contribution in [0.1, 0.15) is 70.2 Å². The van der Waals surface area contributed by atoms with E-state index >= 15 is 0 Å². The van der Waals surface area contributed by atoms with E-state index in [-0.39, 0.29) is 18.1 Å². The molecular weight excluding hydrogens is 989 g/mol. The number of anilines is 8. The van der Waals surface area contributed by atoms with Gasteiger partial charge >= 0.3 is 0 Å². The molecule has 0 saturated carbocycles. The van der Waals surface area contributed by atoms with Crippen LogP contribution < -0.4 is 40.5 Å². The molecule has 8 heterocycles. The number of nitrogens with zero attached hydrogens (tertiary/aromatic N) is 12. The van der Waals surface area contributed by atoms with Crippen molar-refractivity contribution in [3.8, 4) is 11.8 Å². The van der Waals surface area contributed by atoms with Crippen molar-refractivity contribution in [3.05, 3.63) is 59.9 Å². The van der Waals surface area contributed by atoms with Gasteiger partial charge in [0.1, 0.15) is 23.6 Å². The summed E-state index contributed by atoms with van der Waals surface area (Å²) in [7, 11) is 4.42. The first-order chi connectivity index (χ1) is 38.1. The van der Waals surface area contributed by atoms with Crippen molar-refractivity contribution in [1.29, 1.82) is 0 Å². The molecule has 0 unspecified atom stereocenters. The zero-order valence-corrected chi connectivity index (χ0v) is 46.4. The number of aromatic nitrogens is 4. The number of piperidine rings is 2. The summed E-state index contributed by atoms with van der Waals surface area (Å²) >= 11 is 0. The summed E-state index contributed by atoms with van der Waals surface area (Å²) in [6, 6.07) is 18.0. The van der Waals surface area contributed by atoms with Crippen LogP contribution in [-0.4, -0.2) is 218 Å². The Morgan fingerprint density at radius 3 is 1.41 bits per heavy atom. The zero-order valence-electron chi connectivity index (χ0n) is 46.4. The standard InChI is InChI=1S/C57H82N16O5/c1-5-49-56(64-54(52(62-49)58-39-74)60-41-7-11-43(12-8-41)69-24-15-45(16-25-69)71-33-29-66(3)30-34-71)77-47-19-22-68(37-47)23-21-51(76)73-28-20-48(38-73)78-57-50(6-2)63-53(59-40-75)55(65-57)61-42-9-13-44(14-10-42)70-26-17-46(18-27-70)72-35-31-67(4)32-36-72/h7-14,39-40,45-48H,5-6,15-38H2,1-4H3,(H,60,64)(H,61,65)(H,58,62,74)(H,59,63,75)/t47-,48-/m1/s1. The van der Waals surface area contributed by atoms with Crippen LogP contribution in [0.3, 0.4) is 0 Å². The fourth-order valence-electron chi connectivity index (χ4n) is 12.1. The third kappa shape index (κ3) is 13.7. The lowest BCUT2D eigenvalue weighted by molar-refractivity contribution is -0.130. The smallest absolute Gasteiger partial charge is 0.238 e. The Balaban J connectivity index is 0.690. The van der Waals surface area contributed by atoms with E-state index < -0.39 is 0 Å². The lowest BCUT2D eigenvalue weighted by Crippen LogP contribution is -2.52. The number of carbonyl (C=O) groups excluding carboxylic acids is 3. The van der Waals surface area contributed by atoms with Gasteiger partial charge in [-0.3, -0.25) is 29.1 Å². The minimum Gasteiger partial charge on any atom is -0.472 e. The lowest BCUT2D eigenvalue weighted by Gasteiger charge is -2.42. The average molecular weight is 1070 g/mol. The normalized spacial score (nSPS) is 21.7. The summed E-state index contributed by atoms with van der Waals surface area (Å²) in [4.78, 5) is 75.7. The van der Waals surface area contributed by atoms with Gasteiger partial charge in [-0.05, 0) is 108 Å². The highest BCUT2D eigenvalue weighted by Crippen LogP contribution is 2.33.